The van der Waals surface area contributed by atoms with Gasteiger partial charge < -0.3 is 4.74 Å². The first-order valence-corrected chi connectivity index (χ1v) is 10.6. The number of aromatic nitrogens is 1. The molecule has 29 heavy (non-hydrogen) atoms. The fourth-order valence-electron chi connectivity index (χ4n) is 2.91. The van der Waals surface area contributed by atoms with Gasteiger partial charge in [0.25, 0.3) is 11.8 Å². The van der Waals surface area contributed by atoms with E-state index in [0.717, 1.165) is 0 Å². The van der Waals surface area contributed by atoms with E-state index in [9.17, 15) is 18.0 Å². The molecule has 2 aromatic rings. The molecular weight excluding hydrogens is 396 g/mol. The van der Waals surface area contributed by atoms with Gasteiger partial charge in [0.15, 0.2) is 0 Å². The third-order valence-corrected chi connectivity index (χ3v) is 6.49. The number of rotatable bonds is 5. The van der Waals surface area contributed by atoms with Crippen LogP contribution >= 0.6 is 0 Å². The van der Waals surface area contributed by atoms with Gasteiger partial charge in [0, 0.05) is 31.0 Å². The fourth-order valence-corrected chi connectivity index (χ4v) is 4.64. The van der Waals surface area contributed by atoms with Crippen molar-refractivity contribution in [1.29, 1.82) is 0 Å². The highest BCUT2D eigenvalue weighted by molar-refractivity contribution is 7.89. The molecule has 9 nitrogen and oxygen atoms in total. The summed E-state index contributed by atoms with van der Waals surface area (Å²) in [6.45, 7) is 3.05. The summed E-state index contributed by atoms with van der Waals surface area (Å²) in [4.78, 5) is 28.4. The van der Waals surface area contributed by atoms with Crippen molar-refractivity contribution in [3.63, 3.8) is 0 Å². The van der Waals surface area contributed by atoms with Crippen LogP contribution in [0.1, 0.15) is 33.2 Å². The van der Waals surface area contributed by atoms with E-state index in [1.807, 2.05) is 6.92 Å². The Morgan fingerprint density at radius 1 is 1.10 bits per heavy atom. The molecule has 2 heterocycles. The molecule has 0 bridgehead atoms. The summed E-state index contributed by atoms with van der Waals surface area (Å²) >= 11 is 0. The average molecular weight is 418 g/mol. The molecule has 10 heteroatoms. The zero-order valence-electron chi connectivity index (χ0n) is 15.9. The number of amides is 2. The number of carbonyl (C=O) groups excluding carboxylic acids is 2. The van der Waals surface area contributed by atoms with E-state index in [1.165, 1.54) is 28.8 Å². The maximum Gasteiger partial charge on any atom is 0.271 e. The molecule has 2 amide bonds. The number of hydrogen-bond acceptors (Lipinski definition) is 6. The summed E-state index contributed by atoms with van der Waals surface area (Å²) in [5.74, 6) is -1.15. The predicted molar refractivity (Wildman–Crippen MR) is 105 cm³/mol. The van der Waals surface area contributed by atoms with Crippen molar-refractivity contribution in [2.24, 2.45) is 0 Å². The standard InChI is InChI=1S/C19H22N4O5S/c1-2-14-5-6-15(12-17(14)29(26,27)23-8-10-28-11-9-23)18(24)21-22-19(25)16-4-3-7-20-13-16/h3-7,12-13H,2,8-11H2,1H3,(H,21,24)(H,22,25). The molecule has 0 atom stereocenters. The SMILES string of the molecule is CCc1ccc(C(=O)NNC(=O)c2cccnc2)cc1S(=O)(=O)N1CCOCC1. The van der Waals surface area contributed by atoms with Gasteiger partial charge in [-0.1, -0.05) is 13.0 Å². The van der Waals surface area contributed by atoms with Crippen molar-refractivity contribution in [1.82, 2.24) is 20.1 Å². The largest absolute Gasteiger partial charge is 0.379 e. The summed E-state index contributed by atoms with van der Waals surface area (Å²) in [7, 11) is -3.76. The number of ether oxygens (including phenoxy) is 1. The van der Waals surface area contributed by atoms with Crippen LogP contribution in [0.5, 0.6) is 0 Å². The lowest BCUT2D eigenvalue weighted by atomic mass is 10.1. The van der Waals surface area contributed by atoms with Gasteiger partial charge in [-0.05, 0) is 36.2 Å². The lowest BCUT2D eigenvalue weighted by Gasteiger charge is -2.27. The summed E-state index contributed by atoms with van der Waals surface area (Å²) in [5, 5.41) is 0. The van der Waals surface area contributed by atoms with Gasteiger partial charge in [-0.15, -0.1) is 0 Å². The molecule has 0 radical (unpaired) electrons. The van der Waals surface area contributed by atoms with Gasteiger partial charge in [-0.2, -0.15) is 4.31 Å². The number of sulfonamides is 1. The summed E-state index contributed by atoms with van der Waals surface area (Å²) in [6, 6.07) is 7.64. The highest BCUT2D eigenvalue weighted by atomic mass is 32.2. The van der Waals surface area contributed by atoms with Crippen LogP contribution in [-0.2, 0) is 21.2 Å². The summed E-state index contributed by atoms with van der Waals surface area (Å²) in [5.41, 5.74) is 5.62. The molecule has 0 spiro atoms. The molecule has 1 aliphatic rings. The van der Waals surface area contributed by atoms with Crippen molar-refractivity contribution in [2.75, 3.05) is 26.3 Å². The van der Waals surface area contributed by atoms with E-state index in [2.05, 4.69) is 15.8 Å². The van der Waals surface area contributed by atoms with Crippen molar-refractivity contribution in [3.05, 3.63) is 59.4 Å². The van der Waals surface area contributed by atoms with Gasteiger partial charge in [0.2, 0.25) is 10.0 Å². The third-order valence-electron chi connectivity index (χ3n) is 4.51. The highest BCUT2D eigenvalue weighted by Crippen LogP contribution is 2.23. The predicted octanol–water partition coefficient (Wildman–Crippen LogP) is 0.740. The van der Waals surface area contributed by atoms with Crippen molar-refractivity contribution in [2.45, 2.75) is 18.2 Å². The summed E-state index contributed by atoms with van der Waals surface area (Å²) in [6.07, 6.45) is 3.39. The molecule has 1 saturated heterocycles. The number of hydrazine groups is 1. The number of aryl methyl sites for hydroxylation is 1. The quantitative estimate of drug-likeness (QED) is 0.692. The first-order valence-electron chi connectivity index (χ1n) is 9.15. The molecule has 1 aliphatic heterocycles. The number of morpholine rings is 1. The minimum atomic E-state index is -3.76. The molecule has 1 fully saturated rings. The van der Waals surface area contributed by atoms with Crippen LogP contribution in [0.15, 0.2) is 47.6 Å². The van der Waals surface area contributed by atoms with Gasteiger partial charge in [0.05, 0.1) is 23.7 Å². The fraction of sp³-hybridized carbons (Fsp3) is 0.316. The molecule has 0 saturated carbocycles. The van der Waals surface area contributed by atoms with Crippen molar-refractivity contribution < 1.29 is 22.7 Å². The summed E-state index contributed by atoms with van der Waals surface area (Å²) < 4.78 is 32.7. The smallest absolute Gasteiger partial charge is 0.271 e. The maximum absolute atomic E-state index is 13.1. The van der Waals surface area contributed by atoms with Crippen LogP contribution in [-0.4, -0.2) is 55.8 Å². The number of benzene rings is 1. The number of carbonyl (C=O) groups is 2. The lowest BCUT2D eigenvalue weighted by Crippen LogP contribution is -2.42. The van der Waals surface area contributed by atoms with Crippen LogP contribution in [0.3, 0.4) is 0 Å². The minimum Gasteiger partial charge on any atom is -0.379 e. The van der Waals surface area contributed by atoms with Crippen molar-refractivity contribution in [3.8, 4) is 0 Å². The van der Waals surface area contributed by atoms with Crippen LogP contribution < -0.4 is 10.9 Å². The van der Waals surface area contributed by atoms with Crippen LogP contribution in [0.4, 0.5) is 0 Å². The Bertz CT molecular complexity index is 989. The Labute approximate surface area is 169 Å². The Morgan fingerprint density at radius 2 is 1.79 bits per heavy atom. The average Bonchev–Trinajstić information content (AvgIpc) is 2.77. The van der Waals surface area contributed by atoms with Crippen LogP contribution in [0.2, 0.25) is 0 Å². The molecule has 154 valence electrons. The second-order valence-corrected chi connectivity index (χ2v) is 8.25. The highest BCUT2D eigenvalue weighted by Gasteiger charge is 2.29. The topological polar surface area (TPSA) is 118 Å². The Hall–Kier alpha value is -2.82. The Kier molecular flexibility index (Phi) is 6.57. The molecule has 1 aromatic heterocycles. The molecule has 0 unspecified atom stereocenters. The lowest BCUT2D eigenvalue weighted by molar-refractivity contribution is 0.0730. The zero-order chi connectivity index (χ0) is 20.9. The molecule has 0 aliphatic carbocycles. The first kappa shape index (κ1) is 20.9. The van der Waals surface area contributed by atoms with E-state index in [0.29, 0.717) is 25.2 Å². The van der Waals surface area contributed by atoms with Gasteiger partial charge in [0.1, 0.15) is 0 Å². The van der Waals surface area contributed by atoms with E-state index in [1.54, 1.807) is 18.2 Å². The Balaban J connectivity index is 1.79. The van der Waals surface area contributed by atoms with E-state index >= 15 is 0 Å². The van der Waals surface area contributed by atoms with Crippen molar-refractivity contribution >= 4 is 21.8 Å². The minimum absolute atomic E-state index is 0.0909. The zero-order valence-corrected chi connectivity index (χ0v) is 16.7. The van der Waals surface area contributed by atoms with Gasteiger partial charge in [-0.25, -0.2) is 8.42 Å². The number of nitrogens with zero attached hydrogens (tertiary/aromatic N) is 2. The molecule has 1 aromatic carbocycles. The maximum atomic E-state index is 13.1. The number of pyridine rings is 1. The first-order chi connectivity index (χ1) is 13.9. The monoisotopic (exact) mass is 418 g/mol. The number of hydrogen-bond donors (Lipinski definition) is 2. The second kappa shape index (κ2) is 9.12. The number of nitrogens with one attached hydrogen (secondary N) is 2. The van der Waals surface area contributed by atoms with Gasteiger partial charge >= 0.3 is 0 Å². The van der Waals surface area contributed by atoms with Crippen LogP contribution in [0.25, 0.3) is 0 Å². The normalized spacial score (nSPS) is 14.9. The van der Waals surface area contributed by atoms with E-state index in [4.69, 9.17) is 4.74 Å². The van der Waals surface area contributed by atoms with Crippen LogP contribution in [0, 0.1) is 0 Å². The molecular formula is C19H22N4O5S. The second-order valence-electron chi connectivity index (χ2n) is 6.34. The molecule has 3 rings (SSSR count). The Morgan fingerprint density at radius 3 is 2.41 bits per heavy atom. The molecule has 2 N–H and O–H groups in total. The third kappa shape index (κ3) is 4.78. The van der Waals surface area contributed by atoms with E-state index < -0.39 is 21.8 Å². The van der Waals surface area contributed by atoms with E-state index in [-0.39, 0.29) is 29.1 Å². The van der Waals surface area contributed by atoms with Gasteiger partial charge in [-0.3, -0.25) is 25.4 Å².